The van der Waals surface area contributed by atoms with Crippen LogP contribution in [-0.2, 0) is 9.47 Å². The van der Waals surface area contributed by atoms with Crippen molar-refractivity contribution in [1.82, 2.24) is 0 Å². The van der Waals surface area contributed by atoms with E-state index in [9.17, 15) is 4.79 Å². The summed E-state index contributed by atoms with van der Waals surface area (Å²) in [5, 5.41) is 0. The summed E-state index contributed by atoms with van der Waals surface area (Å²) in [4.78, 5) is 9.76. The van der Waals surface area contributed by atoms with Gasteiger partial charge in [0.2, 0.25) is 6.29 Å². The minimum absolute atomic E-state index is 0.356. The number of halogens is 1. The lowest BCUT2D eigenvalue weighted by Gasteiger charge is -1.86. The molecule has 0 radical (unpaired) electrons. The van der Waals surface area contributed by atoms with Crippen molar-refractivity contribution in [1.29, 1.82) is 0 Å². The first-order valence-electron chi connectivity index (χ1n) is 1.77. The van der Waals surface area contributed by atoms with Crippen LogP contribution in [0.5, 0.6) is 0 Å². The fourth-order valence-electron chi connectivity index (χ4n) is 0.211. The van der Waals surface area contributed by atoms with Crippen molar-refractivity contribution in [2.24, 2.45) is 0 Å². The molecular formula is C3H3ClO3. The largest absolute Gasteiger partial charge is 0.421 e. The van der Waals surface area contributed by atoms with E-state index in [-0.39, 0.29) is 6.29 Å². The minimum Gasteiger partial charge on any atom is -0.421 e. The molecule has 0 bridgehead atoms. The Hall–Kier alpha value is -0.280. The van der Waals surface area contributed by atoms with Crippen molar-refractivity contribution in [3.05, 3.63) is 0 Å². The van der Waals surface area contributed by atoms with Gasteiger partial charge in [-0.25, -0.2) is 4.79 Å². The van der Waals surface area contributed by atoms with E-state index in [1.807, 2.05) is 0 Å². The summed E-state index contributed by atoms with van der Waals surface area (Å²) in [6, 6.07) is 0. The molecule has 1 fully saturated rings. The number of rotatable bonds is 1. The second kappa shape index (κ2) is 1.68. The molecule has 4 heteroatoms. The van der Waals surface area contributed by atoms with E-state index in [4.69, 9.17) is 11.6 Å². The van der Waals surface area contributed by atoms with Crippen molar-refractivity contribution in [2.75, 3.05) is 6.61 Å². The summed E-state index contributed by atoms with van der Waals surface area (Å²) >= 11 is 4.77. The number of ether oxygens (including phenoxy) is 2. The van der Waals surface area contributed by atoms with Gasteiger partial charge in [0.15, 0.2) is 0 Å². The molecule has 0 aromatic rings. The van der Waals surface area contributed by atoms with Crippen LogP contribution in [0, 0.1) is 0 Å². The maximum atomic E-state index is 9.76. The van der Waals surface area contributed by atoms with Gasteiger partial charge >= 0.3 is 5.43 Å². The second-order valence-electron chi connectivity index (χ2n) is 1.12. The molecule has 3 nitrogen and oxygen atoms in total. The Morgan fingerprint density at radius 3 is 2.71 bits per heavy atom. The van der Waals surface area contributed by atoms with Crippen molar-refractivity contribution in [3.63, 3.8) is 0 Å². The quantitative estimate of drug-likeness (QED) is 0.380. The molecule has 0 saturated carbocycles. The molecule has 0 amide bonds. The van der Waals surface area contributed by atoms with Gasteiger partial charge in [0.05, 0.1) is 0 Å². The van der Waals surface area contributed by atoms with Crippen LogP contribution in [0.25, 0.3) is 0 Å². The molecule has 0 spiro atoms. The number of hydrogen-bond acceptors (Lipinski definition) is 3. The van der Waals surface area contributed by atoms with Crippen LogP contribution >= 0.6 is 11.6 Å². The monoisotopic (exact) mass is 122 g/mol. The third-order valence-electron chi connectivity index (χ3n) is 0.527. The van der Waals surface area contributed by atoms with E-state index in [0.29, 0.717) is 6.61 Å². The lowest BCUT2D eigenvalue weighted by Crippen LogP contribution is -1.95. The van der Waals surface area contributed by atoms with Gasteiger partial charge in [0, 0.05) is 11.6 Å². The second-order valence-corrected chi connectivity index (χ2v) is 1.43. The van der Waals surface area contributed by atoms with Crippen LogP contribution in [-0.4, -0.2) is 18.3 Å². The Bertz CT molecular complexity index is 88.2. The van der Waals surface area contributed by atoms with E-state index >= 15 is 0 Å². The molecule has 0 aromatic carbocycles. The predicted molar refractivity (Wildman–Crippen MR) is 22.1 cm³/mol. The van der Waals surface area contributed by atoms with Gasteiger partial charge in [-0.05, 0) is 0 Å². The van der Waals surface area contributed by atoms with Crippen LogP contribution < -0.4 is 0 Å². The zero-order chi connectivity index (χ0) is 5.28. The van der Waals surface area contributed by atoms with Crippen LogP contribution in [0.4, 0.5) is 4.79 Å². The highest BCUT2D eigenvalue weighted by atomic mass is 35.5. The van der Waals surface area contributed by atoms with Gasteiger partial charge in [0.1, 0.15) is 6.61 Å². The molecule has 7 heavy (non-hydrogen) atoms. The van der Waals surface area contributed by atoms with Gasteiger partial charge in [-0.15, -0.1) is 0 Å². The van der Waals surface area contributed by atoms with E-state index in [1.54, 1.807) is 0 Å². The summed E-state index contributed by atoms with van der Waals surface area (Å²) in [5.74, 6) is 0. The highest BCUT2D eigenvalue weighted by molar-refractivity contribution is 6.61. The van der Waals surface area contributed by atoms with Gasteiger partial charge in [-0.3, -0.25) is 0 Å². The summed E-state index contributed by atoms with van der Waals surface area (Å²) < 4.78 is 8.76. The molecule has 0 N–H and O–H groups in total. The van der Waals surface area contributed by atoms with E-state index < -0.39 is 5.43 Å². The molecule has 1 atom stereocenters. The average molecular weight is 123 g/mol. The summed E-state index contributed by atoms with van der Waals surface area (Å²) in [7, 11) is 0. The Balaban J connectivity index is 2.08. The summed E-state index contributed by atoms with van der Waals surface area (Å²) in [5.41, 5.74) is -0.803. The smallest absolute Gasteiger partial charge is 0.406 e. The first-order valence-corrected chi connectivity index (χ1v) is 2.14. The standard InChI is InChI=1S/C3H3ClO3/c4-3(5)7-2-1-6-2/h2H,1H2. The molecule has 0 aromatic heterocycles. The molecule has 1 rings (SSSR count). The molecule has 1 aliphatic rings. The maximum Gasteiger partial charge on any atom is 0.406 e. The number of epoxide rings is 1. The van der Waals surface area contributed by atoms with E-state index in [1.165, 1.54) is 0 Å². The zero-order valence-electron chi connectivity index (χ0n) is 3.39. The highest BCUT2D eigenvalue weighted by Gasteiger charge is 2.26. The molecule has 1 heterocycles. The Morgan fingerprint density at radius 2 is 2.57 bits per heavy atom. The summed E-state index contributed by atoms with van der Waals surface area (Å²) in [6.45, 7) is 0.485. The first-order chi connectivity index (χ1) is 3.29. The van der Waals surface area contributed by atoms with Gasteiger partial charge < -0.3 is 9.47 Å². The van der Waals surface area contributed by atoms with E-state index in [2.05, 4.69) is 9.47 Å². The van der Waals surface area contributed by atoms with E-state index in [0.717, 1.165) is 0 Å². The predicted octanol–water partition coefficient (Wildman–Crippen LogP) is 0.718. The van der Waals surface area contributed by atoms with Crippen LogP contribution in [0.3, 0.4) is 0 Å². The molecule has 1 aliphatic heterocycles. The fraction of sp³-hybridized carbons (Fsp3) is 0.667. The van der Waals surface area contributed by atoms with Crippen molar-refractivity contribution < 1.29 is 14.3 Å². The van der Waals surface area contributed by atoms with Crippen molar-refractivity contribution in [3.8, 4) is 0 Å². The van der Waals surface area contributed by atoms with Crippen LogP contribution in [0.2, 0.25) is 0 Å². The lowest BCUT2D eigenvalue weighted by molar-refractivity contribution is 0.114. The lowest BCUT2D eigenvalue weighted by atomic mass is 10.9. The number of carbonyl (C=O) groups excluding carboxylic acids is 1. The third-order valence-corrected chi connectivity index (χ3v) is 0.616. The number of hydrogen-bond donors (Lipinski definition) is 0. The Kier molecular flexibility index (Phi) is 1.17. The van der Waals surface area contributed by atoms with Gasteiger partial charge in [-0.2, -0.15) is 0 Å². The topological polar surface area (TPSA) is 38.8 Å². The minimum atomic E-state index is -0.803. The highest BCUT2D eigenvalue weighted by Crippen LogP contribution is 2.11. The normalized spacial score (nSPS) is 26.7. The zero-order valence-corrected chi connectivity index (χ0v) is 4.14. The fourth-order valence-corrected chi connectivity index (χ4v) is 0.310. The first kappa shape index (κ1) is 4.87. The Labute approximate surface area is 45.2 Å². The molecular weight excluding hydrogens is 119 g/mol. The third kappa shape index (κ3) is 1.75. The van der Waals surface area contributed by atoms with Crippen molar-refractivity contribution >= 4 is 17.0 Å². The van der Waals surface area contributed by atoms with Crippen LogP contribution in [0.1, 0.15) is 0 Å². The van der Waals surface area contributed by atoms with Gasteiger partial charge in [-0.1, -0.05) is 0 Å². The molecule has 0 aliphatic carbocycles. The molecule has 1 saturated heterocycles. The summed E-state index contributed by atoms with van der Waals surface area (Å²) in [6.07, 6.45) is -0.356. The molecule has 40 valence electrons. The maximum absolute atomic E-state index is 9.76. The van der Waals surface area contributed by atoms with Gasteiger partial charge in [0.25, 0.3) is 0 Å². The number of carbonyl (C=O) groups is 1. The van der Waals surface area contributed by atoms with Crippen LogP contribution in [0.15, 0.2) is 0 Å². The average Bonchev–Trinajstić information content (AvgIpc) is 2.17. The molecule has 1 unspecified atom stereocenters. The Morgan fingerprint density at radius 1 is 2.00 bits per heavy atom. The van der Waals surface area contributed by atoms with Crippen molar-refractivity contribution in [2.45, 2.75) is 6.29 Å². The SMILES string of the molecule is O=C(Cl)OC1CO1.